The van der Waals surface area contributed by atoms with Crippen LogP contribution in [0.1, 0.15) is 86.7 Å². The van der Waals surface area contributed by atoms with E-state index in [0.29, 0.717) is 0 Å². The van der Waals surface area contributed by atoms with Crippen LogP contribution in [-0.2, 0) is 61.9 Å². The van der Waals surface area contributed by atoms with E-state index in [4.69, 9.17) is 38.3 Å². The minimum absolute atomic E-state index is 0.0170. The Bertz CT molecular complexity index is 2570. The van der Waals surface area contributed by atoms with E-state index in [2.05, 4.69) is 5.32 Å². The van der Waals surface area contributed by atoms with Crippen molar-refractivity contribution in [3.05, 3.63) is 119 Å². The number of rotatable bonds is 15. The molecule has 2 bridgehead atoms. The van der Waals surface area contributed by atoms with E-state index in [1.165, 1.54) is 64.1 Å². The molecule has 0 unspecified atom stereocenters. The molecule has 19 nitrogen and oxygen atoms in total. The number of carboxylic acid groups (broad SMARTS) is 1. The summed E-state index contributed by atoms with van der Waals surface area (Å²) in [6, 6.07) is 22.0. The van der Waals surface area contributed by atoms with Gasteiger partial charge in [-0.25, -0.2) is 19.2 Å². The van der Waals surface area contributed by atoms with Gasteiger partial charge in [0.05, 0.1) is 29.6 Å². The summed E-state index contributed by atoms with van der Waals surface area (Å²) in [5.74, 6) is -10.0. The summed E-state index contributed by atoms with van der Waals surface area (Å²) in [4.78, 5) is 110. The summed E-state index contributed by atoms with van der Waals surface area (Å²) >= 11 is 0. The van der Waals surface area contributed by atoms with E-state index in [1.54, 1.807) is 54.6 Å². The standard InChI is InChI=1S/C51H55NO18/c1-27-33(67-47(62)41(68-37(58)25-64-24-36(56)57)39(30-16-10-7-11-17-30)52-45(60)31-18-12-8-13-19-31)23-51(63)44(69-46(61)32-20-14-9-15-21-32)42-49(6,34(55)22-35-50(42,26-65-35)70-29(3)54)43(59)40(66-28(2)53)38(27)48(51,4)5/h7-21,33-35,39-42,44,55,63H,22-26H2,1-6H3,(H,52,60)(H,56,57)/t33-,34-,35+,39-,40+,41+,42-,44-,49+,50-,51+/m0/s1. The summed E-state index contributed by atoms with van der Waals surface area (Å²) in [5, 5.41) is 37.9. The fraction of sp³-hybridized carbons (Fsp3) is 0.451. The molecule has 1 saturated heterocycles. The molecule has 1 amide bonds. The van der Waals surface area contributed by atoms with Crippen LogP contribution in [0.3, 0.4) is 0 Å². The predicted molar refractivity (Wildman–Crippen MR) is 240 cm³/mol. The van der Waals surface area contributed by atoms with Crippen molar-refractivity contribution in [3.63, 3.8) is 0 Å². The molecule has 3 aliphatic carbocycles. The summed E-state index contributed by atoms with van der Waals surface area (Å²) in [6.07, 6.45) is -11.2. The first-order chi connectivity index (χ1) is 33.1. The molecule has 4 aliphatic rings. The summed E-state index contributed by atoms with van der Waals surface area (Å²) < 4.78 is 41.2. The van der Waals surface area contributed by atoms with Crippen molar-refractivity contribution in [2.45, 2.75) is 108 Å². The SMILES string of the molecule is CC(=O)O[C@H]1C(=O)[C@@]2(C)[C@H]([C@H](OC(=O)c3ccccc3)[C@]3(O)C[C@H](OC(=O)[C@H](OC(=O)COCC(=O)O)[C@@H](NC(=O)c4ccccc4)c4ccccc4)C(C)=C1C3(C)C)[C@]1(OC(C)=O)CO[C@@H]1C[C@@H]2O. The molecule has 3 aromatic rings. The maximum atomic E-state index is 15.7. The number of ketones is 1. The van der Waals surface area contributed by atoms with Gasteiger partial charge in [-0.05, 0) is 54.8 Å². The van der Waals surface area contributed by atoms with Crippen LogP contribution >= 0.6 is 0 Å². The summed E-state index contributed by atoms with van der Waals surface area (Å²) in [5.41, 5.74) is -7.85. The zero-order valence-electron chi connectivity index (χ0n) is 39.3. The third kappa shape index (κ3) is 9.33. The van der Waals surface area contributed by atoms with E-state index in [0.717, 1.165) is 13.8 Å². The highest BCUT2D eigenvalue weighted by molar-refractivity contribution is 5.96. The van der Waals surface area contributed by atoms with Gasteiger partial charge in [0.15, 0.2) is 17.5 Å². The number of carbonyl (C=O) groups is 8. The molecule has 2 saturated carbocycles. The fourth-order valence-electron chi connectivity index (χ4n) is 10.7. The maximum Gasteiger partial charge on any atom is 0.350 e. The molecule has 0 spiro atoms. The van der Waals surface area contributed by atoms with Gasteiger partial charge < -0.3 is 53.8 Å². The molecule has 7 rings (SSSR count). The Morgan fingerprint density at radius 2 is 1.41 bits per heavy atom. The van der Waals surface area contributed by atoms with Gasteiger partial charge in [-0.1, -0.05) is 80.6 Å². The van der Waals surface area contributed by atoms with Crippen molar-refractivity contribution in [1.82, 2.24) is 5.32 Å². The molecule has 0 radical (unpaired) electrons. The summed E-state index contributed by atoms with van der Waals surface area (Å²) in [7, 11) is 0. The second kappa shape index (κ2) is 19.9. The van der Waals surface area contributed by atoms with Crippen molar-refractivity contribution < 1.29 is 86.8 Å². The van der Waals surface area contributed by atoms with Gasteiger partial charge in [0.25, 0.3) is 5.91 Å². The molecular formula is C51H55NO18. The molecule has 0 aromatic heterocycles. The minimum Gasteiger partial charge on any atom is -0.480 e. The van der Waals surface area contributed by atoms with Crippen molar-refractivity contribution in [1.29, 1.82) is 0 Å². The number of carbonyl (C=O) groups excluding carboxylic acids is 7. The lowest BCUT2D eigenvalue weighted by Gasteiger charge is -2.67. The Morgan fingerprint density at radius 1 is 0.814 bits per heavy atom. The number of Topliss-reactive ketones (excluding diaryl/α,β-unsaturated/α-hetero) is 1. The van der Waals surface area contributed by atoms with Gasteiger partial charge in [0.1, 0.15) is 43.2 Å². The fourth-order valence-corrected chi connectivity index (χ4v) is 10.7. The van der Waals surface area contributed by atoms with Gasteiger partial charge in [0, 0.05) is 37.7 Å². The molecule has 3 fully saturated rings. The first-order valence-electron chi connectivity index (χ1n) is 22.6. The Labute approximate surface area is 402 Å². The Hall–Kier alpha value is -6.80. The number of hydrogen-bond acceptors (Lipinski definition) is 17. The number of hydrogen-bond donors (Lipinski definition) is 4. The van der Waals surface area contributed by atoms with Gasteiger partial charge in [0.2, 0.25) is 6.10 Å². The van der Waals surface area contributed by atoms with E-state index in [1.807, 2.05) is 0 Å². The molecule has 372 valence electrons. The number of nitrogens with one attached hydrogen (secondary N) is 1. The minimum atomic E-state index is -2.51. The van der Waals surface area contributed by atoms with Crippen LogP contribution < -0.4 is 5.32 Å². The third-order valence-corrected chi connectivity index (χ3v) is 14.2. The van der Waals surface area contributed by atoms with Crippen molar-refractivity contribution >= 4 is 47.5 Å². The predicted octanol–water partition coefficient (Wildman–Crippen LogP) is 3.39. The lowest BCUT2D eigenvalue weighted by atomic mass is 9.44. The highest BCUT2D eigenvalue weighted by Gasteiger charge is 2.78. The number of aliphatic hydroxyl groups excluding tert-OH is 1. The first-order valence-corrected chi connectivity index (χ1v) is 22.6. The second-order valence-corrected chi connectivity index (χ2v) is 18.7. The monoisotopic (exact) mass is 969 g/mol. The van der Waals surface area contributed by atoms with Crippen LogP contribution in [0.25, 0.3) is 0 Å². The zero-order chi connectivity index (χ0) is 50.9. The van der Waals surface area contributed by atoms with Gasteiger partial charge in [-0.15, -0.1) is 0 Å². The first kappa shape index (κ1) is 51.1. The second-order valence-electron chi connectivity index (χ2n) is 18.7. The van der Waals surface area contributed by atoms with Crippen LogP contribution in [0.15, 0.2) is 102 Å². The number of esters is 5. The number of amides is 1. The van der Waals surface area contributed by atoms with Crippen LogP contribution in [0.2, 0.25) is 0 Å². The van der Waals surface area contributed by atoms with E-state index < -0.39 is 138 Å². The number of aliphatic hydroxyl groups is 2. The molecular weight excluding hydrogens is 915 g/mol. The average Bonchev–Trinajstić information content (AvgIpc) is 3.31. The Balaban J connectivity index is 1.41. The van der Waals surface area contributed by atoms with Crippen molar-refractivity contribution in [3.8, 4) is 0 Å². The maximum absolute atomic E-state index is 15.7. The Morgan fingerprint density at radius 3 is 1.97 bits per heavy atom. The van der Waals surface area contributed by atoms with Crippen LogP contribution in [0.4, 0.5) is 0 Å². The number of aliphatic carboxylic acids is 1. The van der Waals surface area contributed by atoms with Gasteiger partial charge in [-0.2, -0.15) is 0 Å². The molecule has 11 atom stereocenters. The topological polar surface area (TPSA) is 274 Å². The molecule has 19 heteroatoms. The average molecular weight is 970 g/mol. The van der Waals surface area contributed by atoms with Gasteiger partial charge >= 0.3 is 35.8 Å². The zero-order valence-corrected chi connectivity index (χ0v) is 39.3. The van der Waals surface area contributed by atoms with E-state index in [-0.39, 0.29) is 40.9 Å². The largest absolute Gasteiger partial charge is 0.480 e. The Kier molecular flexibility index (Phi) is 14.5. The molecule has 1 aliphatic heterocycles. The lowest BCUT2D eigenvalue weighted by molar-refractivity contribution is -0.346. The van der Waals surface area contributed by atoms with Crippen LogP contribution in [0.5, 0.6) is 0 Å². The smallest absolute Gasteiger partial charge is 0.350 e. The summed E-state index contributed by atoms with van der Waals surface area (Å²) in [6.45, 7) is 5.79. The van der Waals surface area contributed by atoms with Crippen molar-refractivity contribution in [2.24, 2.45) is 16.7 Å². The van der Waals surface area contributed by atoms with E-state index >= 15 is 9.59 Å². The van der Waals surface area contributed by atoms with E-state index in [9.17, 15) is 39.0 Å². The van der Waals surface area contributed by atoms with Crippen LogP contribution in [-0.4, -0.2) is 130 Å². The highest BCUT2D eigenvalue weighted by Crippen LogP contribution is 2.64. The molecule has 4 N–H and O–H groups in total. The molecule has 3 aromatic carbocycles. The number of ether oxygens (including phenoxy) is 7. The normalized spacial score (nSPS) is 29.4. The quantitative estimate of drug-likeness (QED) is 0.0965. The number of carboxylic acids is 1. The molecule has 1 heterocycles. The molecule has 70 heavy (non-hydrogen) atoms. The van der Waals surface area contributed by atoms with Crippen LogP contribution in [0, 0.1) is 16.7 Å². The number of benzene rings is 3. The van der Waals surface area contributed by atoms with Crippen molar-refractivity contribution in [2.75, 3.05) is 19.8 Å². The third-order valence-electron chi connectivity index (χ3n) is 14.2. The lowest BCUT2D eigenvalue weighted by Crippen LogP contribution is -2.82. The highest BCUT2D eigenvalue weighted by atomic mass is 16.6. The number of fused-ring (bicyclic) bond motifs is 5. The van der Waals surface area contributed by atoms with Gasteiger partial charge in [-0.3, -0.25) is 19.2 Å².